The summed E-state index contributed by atoms with van der Waals surface area (Å²) < 4.78 is 0. The molecule has 2 unspecified atom stereocenters. The van der Waals surface area contributed by atoms with Gasteiger partial charge in [-0.05, 0) is 39.3 Å². The molecule has 2 bridgehead atoms. The van der Waals surface area contributed by atoms with Crippen molar-refractivity contribution in [2.45, 2.75) is 32.1 Å². The maximum Gasteiger partial charge on any atom is 0.140 e. The van der Waals surface area contributed by atoms with E-state index in [4.69, 9.17) is 0 Å². The van der Waals surface area contributed by atoms with Crippen molar-refractivity contribution in [3.8, 4) is 0 Å². The lowest BCUT2D eigenvalue weighted by Crippen LogP contribution is -2.39. The van der Waals surface area contributed by atoms with Crippen LogP contribution in [-0.2, 0) is 4.79 Å². The summed E-state index contributed by atoms with van der Waals surface area (Å²) in [6, 6.07) is 0. The van der Waals surface area contributed by atoms with Crippen molar-refractivity contribution in [3.05, 3.63) is 0 Å². The van der Waals surface area contributed by atoms with Gasteiger partial charge in [-0.15, -0.1) is 0 Å². The Morgan fingerprint density at radius 1 is 1.15 bits per heavy atom. The van der Waals surface area contributed by atoms with E-state index >= 15 is 0 Å². The van der Waals surface area contributed by atoms with Gasteiger partial charge in [-0.25, -0.2) is 0 Å². The van der Waals surface area contributed by atoms with Crippen molar-refractivity contribution >= 4 is 5.78 Å². The van der Waals surface area contributed by atoms with E-state index in [9.17, 15) is 4.79 Å². The molecule has 13 heavy (non-hydrogen) atoms. The van der Waals surface area contributed by atoms with E-state index in [2.05, 4.69) is 11.9 Å². The summed E-state index contributed by atoms with van der Waals surface area (Å²) in [4.78, 5) is 14.2. The van der Waals surface area contributed by atoms with E-state index in [0.29, 0.717) is 17.6 Å². The molecule has 1 aliphatic heterocycles. The molecule has 1 saturated carbocycles. The molecular formula is C11H19NO. The number of ketones is 1. The third-order valence-corrected chi connectivity index (χ3v) is 3.53. The highest BCUT2D eigenvalue weighted by molar-refractivity contribution is 5.84. The van der Waals surface area contributed by atoms with E-state index in [-0.39, 0.29) is 0 Å². The van der Waals surface area contributed by atoms with Crippen LogP contribution >= 0.6 is 0 Å². The Labute approximate surface area is 80.3 Å². The van der Waals surface area contributed by atoms with E-state index in [1.165, 1.54) is 25.8 Å². The SMILES string of the molecule is CN1CCCC2CCCC(C1)C2=O. The lowest BCUT2D eigenvalue weighted by Gasteiger charge is -2.33. The normalized spacial score (nSPS) is 36.8. The molecule has 0 radical (unpaired) electrons. The molecule has 2 fully saturated rings. The Kier molecular flexibility index (Phi) is 2.68. The first-order valence-electron chi connectivity index (χ1n) is 5.49. The lowest BCUT2D eigenvalue weighted by molar-refractivity contribution is -0.130. The largest absolute Gasteiger partial charge is 0.306 e. The van der Waals surface area contributed by atoms with Crippen molar-refractivity contribution in [1.82, 2.24) is 4.90 Å². The highest BCUT2D eigenvalue weighted by Gasteiger charge is 2.32. The number of Topliss-reactive ketones (excluding diaryl/α,β-unsaturated/α-hetero) is 1. The second-order valence-electron chi connectivity index (χ2n) is 4.63. The topological polar surface area (TPSA) is 20.3 Å². The van der Waals surface area contributed by atoms with E-state index < -0.39 is 0 Å². The van der Waals surface area contributed by atoms with Gasteiger partial charge in [0.05, 0.1) is 0 Å². The van der Waals surface area contributed by atoms with E-state index in [0.717, 1.165) is 19.4 Å². The molecule has 2 atom stereocenters. The number of carbonyl (C=O) groups excluding carboxylic acids is 1. The Hall–Kier alpha value is -0.370. The van der Waals surface area contributed by atoms with Gasteiger partial charge in [0, 0.05) is 18.4 Å². The summed E-state index contributed by atoms with van der Waals surface area (Å²) >= 11 is 0. The van der Waals surface area contributed by atoms with Gasteiger partial charge in [-0.3, -0.25) is 4.79 Å². The van der Waals surface area contributed by atoms with Gasteiger partial charge in [0.15, 0.2) is 0 Å². The summed E-state index contributed by atoms with van der Waals surface area (Å²) in [5.74, 6) is 1.36. The molecule has 0 spiro atoms. The molecule has 0 aromatic rings. The molecule has 74 valence electrons. The minimum atomic E-state index is 0.365. The number of rotatable bonds is 0. The standard InChI is InChI=1S/C11H19NO/c1-12-7-3-6-9-4-2-5-10(8-12)11(9)13/h9-10H,2-8H2,1H3. The molecule has 2 rings (SSSR count). The van der Waals surface area contributed by atoms with Gasteiger partial charge < -0.3 is 4.90 Å². The fourth-order valence-electron chi connectivity index (χ4n) is 2.77. The van der Waals surface area contributed by atoms with Crippen LogP contribution in [0.1, 0.15) is 32.1 Å². The molecule has 1 saturated heterocycles. The summed E-state index contributed by atoms with van der Waals surface area (Å²) in [7, 11) is 2.14. The van der Waals surface area contributed by atoms with Crippen LogP contribution in [0.15, 0.2) is 0 Å². The van der Waals surface area contributed by atoms with Crippen molar-refractivity contribution in [2.75, 3.05) is 20.1 Å². The average Bonchev–Trinajstić information content (AvgIpc) is 2.11. The number of nitrogens with zero attached hydrogens (tertiary/aromatic N) is 1. The summed E-state index contributed by atoms with van der Waals surface area (Å²) in [5, 5.41) is 0. The zero-order valence-electron chi connectivity index (χ0n) is 8.46. The maximum atomic E-state index is 11.9. The molecule has 1 aliphatic carbocycles. The third kappa shape index (κ3) is 1.93. The minimum Gasteiger partial charge on any atom is -0.306 e. The smallest absolute Gasteiger partial charge is 0.140 e. The van der Waals surface area contributed by atoms with Crippen LogP contribution in [-0.4, -0.2) is 30.8 Å². The Morgan fingerprint density at radius 2 is 1.85 bits per heavy atom. The van der Waals surface area contributed by atoms with Crippen molar-refractivity contribution in [3.63, 3.8) is 0 Å². The number of hydrogen-bond acceptors (Lipinski definition) is 2. The van der Waals surface area contributed by atoms with Crippen molar-refractivity contribution < 1.29 is 4.79 Å². The molecule has 2 heteroatoms. The second kappa shape index (κ2) is 3.79. The first-order valence-corrected chi connectivity index (χ1v) is 5.49. The van der Waals surface area contributed by atoms with E-state index in [1.54, 1.807) is 0 Å². The fourth-order valence-corrected chi connectivity index (χ4v) is 2.77. The monoisotopic (exact) mass is 181 g/mol. The first kappa shape index (κ1) is 9.20. The van der Waals surface area contributed by atoms with Crippen LogP contribution in [0.3, 0.4) is 0 Å². The van der Waals surface area contributed by atoms with Crippen LogP contribution in [0.4, 0.5) is 0 Å². The number of carbonyl (C=O) groups is 1. The minimum absolute atomic E-state index is 0.365. The van der Waals surface area contributed by atoms with Gasteiger partial charge in [0.25, 0.3) is 0 Å². The predicted octanol–water partition coefficient (Wildman–Crippen LogP) is 1.70. The summed E-state index contributed by atoms with van der Waals surface area (Å²) in [6.07, 6.45) is 5.92. The maximum absolute atomic E-state index is 11.9. The Morgan fingerprint density at radius 3 is 2.69 bits per heavy atom. The molecular weight excluding hydrogens is 162 g/mol. The first-order chi connectivity index (χ1) is 6.27. The summed E-state index contributed by atoms with van der Waals surface area (Å²) in [5.41, 5.74) is 0. The zero-order chi connectivity index (χ0) is 9.26. The van der Waals surface area contributed by atoms with Crippen LogP contribution in [0.25, 0.3) is 0 Å². The molecule has 0 amide bonds. The summed E-state index contributed by atoms with van der Waals surface area (Å²) in [6.45, 7) is 2.19. The molecule has 0 aromatic carbocycles. The number of fused-ring (bicyclic) bond motifs is 2. The third-order valence-electron chi connectivity index (χ3n) is 3.53. The van der Waals surface area contributed by atoms with Crippen LogP contribution < -0.4 is 0 Å². The predicted molar refractivity (Wildman–Crippen MR) is 52.6 cm³/mol. The number of likely N-dealkylation sites (tertiary alicyclic amines) is 1. The lowest BCUT2D eigenvalue weighted by atomic mass is 9.77. The molecule has 0 aromatic heterocycles. The van der Waals surface area contributed by atoms with Gasteiger partial charge >= 0.3 is 0 Å². The number of hydrogen-bond donors (Lipinski definition) is 0. The highest BCUT2D eigenvalue weighted by atomic mass is 16.1. The van der Waals surface area contributed by atoms with Crippen LogP contribution in [0.5, 0.6) is 0 Å². The molecule has 0 N–H and O–H groups in total. The Bertz CT molecular complexity index is 202. The Balaban J connectivity index is 2.07. The highest BCUT2D eigenvalue weighted by Crippen LogP contribution is 2.30. The molecule has 1 heterocycles. The van der Waals surface area contributed by atoms with Gasteiger partial charge in [0.1, 0.15) is 5.78 Å². The van der Waals surface area contributed by atoms with Crippen LogP contribution in [0, 0.1) is 11.8 Å². The van der Waals surface area contributed by atoms with Gasteiger partial charge in [-0.1, -0.05) is 6.42 Å². The molecule has 2 aliphatic rings. The fraction of sp³-hybridized carbons (Fsp3) is 0.909. The average molecular weight is 181 g/mol. The van der Waals surface area contributed by atoms with Gasteiger partial charge in [-0.2, -0.15) is 0 Å². The second-order valence-corrected chi connectivity index (χ2v) is 4.63. The quantitative estimate of drug-likeness (QED) is 0.567. The molecule has 2 nitrogen and oxygen atoms in total. The van der Waals surface area contributed by atoms with Crippen molar-refractivity contribution in [1.29, 1.82) is 0 Å². The zero-order valence-corrected chi connectivity index (χ0v) is 8.46. The van der Waals surface area contributed by atoms with Crippen LogP contribution in [0.2, 0.25) is 0 Å². The van der Waals surface area contributed by atoms with Gasteiger partial charge in [0.2, 0.25) is 0 Å². The van der Waals surface area contributed by atoms with Crippen molar-refractivity contribution in [2.24, 2.45) is 11.8 Å². The van der Waals surface area contributed by atoms with E-state index in [1.807, 2.05) is 0 Å².